The van der Waals surface area contributed by atoms with Gasteiger partial charge in [0.25, 0.3) is 0 Å². The van der Waals surface area contributed by atoms with Crippen molar-refractivity contribution in [1.29, 1.82) is 0 Å². The minimum Gasteiger partial charge on any atom is -0.462 e. The molecule has 0 bridgehead atoms. The van der Waals surface area contributed by atoms with E-state index in [2.05, 4.69) is 20.8 Å². The van der Waals surface area contributed by atoms with E-state index in [1.807, 2.05) is 0 Å². The zero-order valence-corrected chi connectivity index (χ0v) is 12.7. The van der Waals surface area contributed by atoms with Gasteiger partial charge in [-0.05, 0) is 42.9 Å². The van der Waals surface area contributed by atoms with Crippen molar-refractivity contribution in [1.82, 2.24) is 0 Å². The summed E-state index contributed by atoms with van der Waals surface area (Å²) < 4.78 is 5.71. The van der Waals surface area contributed by atoms with Crippen LogP contribution in [0.3, 0.4) is 0 Å². The molecule has 0 amide bonds. The molecule has 1 saturated heterocycles. The largest absolute Gasteiger partial charge is 0.462 e. The topological polar surface area (TPSA) is 26.3 Å². The van der Waals surface area contributed by atoms with Gasteiger partial charge in [-0.2, -0.15) is 0 Å². The number of fused-ring (bicyclic) bond motifs is 2. The van der Waals surface area contributed by atoms with E-state index in [4.69, 9.17) is 4.74 Å². The van der Waals surface area contributed by atoms with Crippen molar-refractivity contribution >= 4 is 5.97 Å². The molecule has 0 aromatic rings. The lowest BCUT2D eigenvalue weighted by Gasteiger charge is -2.52. The van der Waals surface area contributed by atoms with E-state index in [1.165, 1.54) is 32.1 Å². The number of esters is 1. The van der Waals surface area contributed by atoms with Gasteiger partial charge in [0.2, 0.25) is 0 Å². The Bertz CT molecular complexity index is 364. The maximum absolute atomic E-state index is 12.0. The molecular weight excluding hydrogens is 236 g/mol. The lowest BCUT2D eigenvalue weighted by Crippen LogP contribution is -2.47. The second kappa shape index (κ2) is 4.79. The summed E-state index contributed by atoms with van der Waals surface area (Å²) in [6.07, 6.45) is 8.97. The fourth-order valence-corrected chi connectivity index (χ4v) is 5.43. The Labute approximate surface area is 117 Å². The lowest BCUT2D eigenvalue weighted by atomic mass is 9.53. The van der Waals surface area contributed by atoms with Gasteiger partial charge < -0.3 is 4.74 Å². The van der Waals surface area contributed by atoms with E-state index in [0.717, 1.165) is 24.7 Å². The number of hydrogen-bond donors (Lipinski definition) is 0. The van der Waals surface area contributed by atoms with Crippen LogP contribution in [0, 0.1) is 29.1 Å². The van der Waals surface area contributed by atoms with E-state index >= 15 is 0 Å². The van der Waals surface area contributed by atoms with Gasteiger partial charge in [-0.1, -0.05) is 40.0 Å². The molecule has 108 valence electrons. The Morgan fingerprint density at radius 3 is 2.79 bits per heavy atom. The van der Waals surface area contributed by atoms with Crippen LogP contribution in [0.2, 0.25) is 0 Å². The van der Waals surface area contributed by atoms with Crippen LogP contribution < -0.4 is 0 Å². The van der Waals surface area contributed by atoms with Crippen molar-refractivity contribution in [2.45, 2.75) is 71.8 Å². The Morgan fingerprint density at radius 1 is 1.32 bits per heavy atom. The maximum atomic E-state index is 12.0. The fraction of sp³-hybridized carbons (Fsp3) is 0.941. The number of carbonyl (C=O) groups excluding carboxylic acids is 1. The molecule has 1 aliphatic heterocycles. The highest BCUT2D eigenvalue weighted by Gasteiger charge is 2.55. The van der Waals surface area contributed by atoms with Gasteiger partial charge in [-0.3, -0.25) is 4.79 Å². The highest BCUT2D eigenvalue weighted by molar-refractivity contribution is 5.75. The van der Waals surface area contributed by atoms with Crippen molar-refractivity contribution in [2.24, 2.45) is 29.1 Å². The molecule has 0 N–H and O–H groups in total. The van der Waals surface area contributed by atoms with Gasteiger partial charge in [0.1, 0.15) is 6.10 Å². The minimum absolute atomic E-state index is 0.0906. The van der Waals surface area contributed by atoms with Crippen LogP contribution in [0.15, 0.2) is 0 Å². The predicted molar refractivity (Wildman–Crippen MR) is 75.6 cm³/mol. The average Bonchev–Trinajstić information content (AvgIpc) is 2.68. The van der Waals surface area contributed by atoms with Crippen molar-refractivity contribution in [3.63, 3.8) is 0 Å². The molecule has 2 aliphatic carbocycles. The van der Waals surface area contributed by atoms with Gasteiger partial charge >= 0.3 is 5.97 Å². The van der Waals surface area contributed by atoms with Gasteiger partial charge in [0.05, 0.1) is 5.92 Å². The number of rotatable bonds is 2. The predicted octanol–water partition coefficient (Wildman–Crippen LogP) is 4.18. The maximum Gasteiger partial charge on any atom is 0.309 e. The molecular formula is C17H28O2. The van der Waals surface area contributed by atoms with E-state index < -0.39 is 0 Å². The Hall–Kier alpha value is -0.530. The number of carbonyl (C=O) groups is 1. The molecule has 2 unspecified atom stereocenters. The van der Waals surface area contributed by atoms with E-state index in [-0.39, 0.29) is 18.0 Å². The molecule has 1 heterocycles. The van der Waals surface area contributed by atoms with Crippen molar-refractivity contribution in [2.75, 3.05) is 0 Å². The summed E-state index contributed by atoms with van der Waals surface area (Å²) in [5.41, 5.74) is 0.434. The van der Waals surface area contributed by atoms with Crippen LogP contribution in [-0.4, -0.2) is 12.1 Å². The third-order valence-electron chi connectivity index (χ3n) is 6.51. The van der Waals surface area contributed by atoms with Gasteiger partial charge in [0, 0.05) is 5.92 Å². The zero-order chi connectivity index (χ0) is 13.6. The van der Waals surface area contributed by atoms with Crippen LogP contribution in [-0.2, 0) is 9.53 Å². The monoisotopic (exact) mass is 264 g/mol. The number of ether oxygens (including phenoxy) is 1. The molecule has 0 aromatic carbocycles. The first-order chi connectivity index (χ1) is 9.09. The van der Waals surface area contributed by atoms with Crippen LogP contribution in [0.1, 0.15) is 65.7 Å². The first kappa shape index (κ1) is 13.5. The number of hydrogen-bond acceptors (Lipinski definition) is 2. The van der Waals surface area contributed by atoms with E-state index in [0.29, 0.717) is 11.3 Å². The molecule has 0 aromatic heterocycles. The summed E-state index contributed by atoms with van der Waals surface area (Å²) >= 11 is 0. The molecule has 0 spiro atoms. The van der Waals surface area contributed by atoms with Crippen LogP contribution in [0.4, 0.5) is 0 Å². The standard InChI is InChI=1S/C17H28O2/c1-4-11-7-6-8-17(3)10-15-13(9-14(11)17)12(5-2)16(18)19-15/h11-15H,4-10H2,1-3H3/t11?,12?,13-,14+,15-,17-/m1/s1. The molecule has 3 aliphatic rings. The van der Waals surface area contributed by atoms with Gasteiger partial charge in [0.15, 0.2) is 0 Å². The Morgan fingerprint density at radius 2 is 2.11 bits per heavy atom. The normalized spacial score (nSPS) is 49.4. The third kappa shape index (κ3) is 2.02. The summed E-state index contributed by atoms with van der Waals surface area (Å²) in [6.45, 7) is 6.94. The fourth-order valence-electron chi connectivity index (χ4n) is 5.43. The zero-order valence-electron chi connectivity index (χ0n) is 12.7. The molecule has 2 saturated carbocycles. The third-order valence-corrected chi connectivity index (χ3v) is 6.51. The molecule has 2 heteroatoms. The average molecular weight is 264 g/mol. The summed E-state index contributed by atoms with van der Waals surface area (Å²) in [7, 11) is 0. The summed E-state index contributed by atoms with van der Waals surface area (Å²) in [5, 5.41) is 0. The summed E-state index contributed by atoms with van der Waals surface area (Å²) in [5.74, 6) is 2.51. The molecule has 2 nitrogen and oxygen atoms in total. The summed E-state index contributed by atoms with van der Waals surface area (Å²) in [6, 6.07) is 0. The SMILES string of the molecule is CCC1C(=O)O[C@@H]2C[C@@]3(C)CCCC(CC)[C@@H]3C[C@H]12. The second-order valence-electron chi connectivity index (χ2n) is 7.41. The van der Waals surface area contributed by atoms with Crippen LogP contribution in [0.5, 0.6) is 0 Å². The van der Waals surface area contributed by atoms with E-state index in [9.17, 15) is 4.79 Å². The smallest absolute Gasteiger partial charge is 0.309 e. The molecule has 19 heavy (non-hydrogen) atoms. The molecule has 0 radical (unpaired) electrons. The highest BCUT2D eigenvalue weighted by Crippen LogP contribution is 2.58. The molecule has 3 fully saturated rings. The van der Waals surface area contributed by atoms with Gasteiger partial charge in [-0.15, -0.1) is 0 Å². The van der Waals surface area contributed by atoms with Crippen molar-refractivity contribution in [3.8, 4) is 0 Å². The Balaban J connectivity index is 1.85. The minimum atomic E-state index is 0.0906. The highest BCUT2D eigenvalue weighted by atomic mass is 16.6. The van der Waals surface area contributed by atoms with E-state index in [1.54, 1.807) is 0 Å². The van der Waals surface area contributed by atoms with Crippen molar-refractivity contribution < 1.29 is 9.53 Å². The quantitative estimate of drug-likeness (QED) is 0.699. The molecule has 3 rings (SSSR count). The second-order valence-corrected chi connectivity index (χ2v) is 7.41. The van der Waals surface area contributed by atoms with Crippen LogP contribution >= 0.6 is 0 Å². The van der Waals surface area contributed by atoms with Gasteiger partial charge in [-0.25, -0.2) is 0 Å². The molecule has 6 atom stereocenters. The summed E-state index contributed by atoms with van der Waals surface area (Å²) in [4.78, 5) is 12.0. The van der Waals surface area contributed by atoms with Crippen molar-refractivity contribution in [3.05, 3.63) is 0 Å². The lowest BCUT2D eigenvalue weighted by molar-refractivity contribution is -0.146. The first-order valence-electron chi connectivity index (χ1n) is 8.29. The Kier molecular flexibility index (Phi) is 3.39. The first-order valence-corrected chi connectivity index (χ1v) is 8.29. The van der Waals surface area contributed by atoms with Crippen LogP contribution in [0.25, 0.3) is 0 Å².